The van der Waals surface area contributed by atoms with E-state index >= 15 is 0 Å². The number of alkyl halides is 1. The SMILES string of the molecule is C[C@@H]1C[C@@H](CI)OC(=O)O1. The number of hydrogen-bond acceptors (Lipinski definition) is 3. The van der Waals surface area contributed by atoms with Gasteiger partial charge >= 0.3 is 6.16 Å². The molecule has 0 N–H and O–H groups in total. The second-order valence-corrected chi connectivity index (χ2v) is 3.19. The zero-order valence-electron chi connectivity index (χ0n) is 5.67. The molecule has 1 aliphatic rings. The van der Waals surface area contributed by atoms with E-state index in [1.54, 1.807) is 0 Å². The molecular weight excluding hydrogens is 247 g/mol. The maximum absolute atomic E-state index is 10.6. The van der Waals surface area contributed by atoms with Crippen LogP contribution in [0.15, 0.2) is 0 Å². The highest BCUT2D eigenvalue weighted by atomic mass is 127. The molecule has 1 heterocycles. The van der Waals surface area contributed by atoms with Gasteiger partial charge in [0.2, 0.25) is 0 Å². The van der Waals surface area contributed by atoms with Gasteiger partial charge in [0.05, 0.1) is 0 Å². The van der Waals surface area contributed by atoms with Crippen molar-refractivity contribution in [3.05, 3.63) is 0 Å². The Morgan fingerprint density at radius 3 is 2.90 bits per heavy atom. The van der Waals surface area contributed by atoms with Gasteiger partial charge in [0, 0.05) is 10.8 Å². The van der Waals surface area contributed by atoms with Crippen LogP contribution in [-0.4, -0.2) is 22.8 Å². The van der Waals surface area contributed by atoms with E-state index in [4.69, 9.17) is 9.47 Å². The van der Waals surface area contributed by atoms with Crippen molar-refractivity contribution < 1.29 is 14.3 Å². The molecule has 0 amide bonds. The van der Waals surface area contributed by atoms with Crippen LogP contribution in [0.4, 0.5) is 4.79 Å². The summed E-state index contributed by atoms with van der Waals surface area (Å²) in [5.41, 5.74) is 0. The van der Waals surface area contributed by atoms with Gasteiger partial charge < -0.3 is 9.47 Å². The van der Waals surface area contributed by atoms with Gasteiger partial charge in [-0.15, -0.1) is 0 Å². The second kappa shape index (κ2) is 3.41. The Bertz CT molecular complexity index is 137. The topological polar surface area (TPSA) is 35.5 Å². The van der Waals surface area contributed by atoms with Crippen LogP contribution in [0, 0.1) is 0 Å². The lowest BCUT2D eigenvalue weighted by Gasteiger charge is -2.25. The third-order valence-electron chi connectivity index (χ3n) is 1.33. The molecule has 0 radical (unpaired) electrons. The van der Waals surface area contributed by atoms with Gasteiger partial charge in [0.1, 0.15) is 12.2 Å². The number of cyclic esters (lactones) is 2. The Hall–Kier alpha value is 0. The van der Waals surface area contributed by atoms with Crippen LogP contribution in [0.2, 0.25) is 0 Å². The normalized spacial score (nSPS) is 32.8. The standard InChI is InChI=1S/C6H9IO3/c1-4-2-5(3-7)10-6(8)9-4/h4-5H,2-3H2,1H3/t4-,5+/m1/s1. The van der Waals surface area contributed by atoms with Gasteiger partial charge in [-0.05, 0) is 6.92 Å². The summed E-state index contributed by atoms with van der Waals surface area (Å²) in [6.07, 6.45) is 0.354. The summed E-state index contributed by atoms with van der Waals surface area (Å²) >= 11 is 2.19. The van der Waals surface area contributed by atoms with E-state index in [0.717, 1.165) is 10.8 Å². The third kappa shape index (κ3) is 2.00. The molecule has 0 aromatic rings. The van der Waals surface area contributed by atoms with Gasteiger partial charge in [-0.2, -0.15) is 0 Å². The van der Waals surface area contributed by atoms with E-state index in [0.29, 0.717) is 0 Å². The average molecular weight is 256 g/mol. The molecule has 10 heavy (non-hydrogen) atoms. The highest BCUT2D eigenvalue weighted by molar-refractivity contribution is 14.1. The van der Waals surface area contributed by atoms with E-state index in [9.17, 15) is 4.79 Å². The summed E-state index contributed by atoms with van der Waals surface area (Å²) in [7, 11) is 0. The maximum atomic E-state index is 10.6. The third-order valence-corrected chi connectivity index (χ3v) is 2.31. The van der Waals surface area contributed by atoms with Crippen LogP contribution < -0.4 is 0 Å². The first-order chi connectivity index (χ1) is 4.72. The lowest BCUT2D eigenvalue weighted by Crippen LogP contribution is -2.33. The van der Waals surface area contributed by atoms with Gasteiger partial charge in [-0.3, -0.25) is 0 Å². The minimum absolute atomic E-state index is 0.0148. The van der Waals surface area contributed by atoms with Crippen LogP contribution in [0.1, 0.15) is 13.3 Å². The average Bonchev–Trinajstić information content (AvgIpc) is 1.85. The molecule has 0 aromatic carbocycles. The van der Waals surface area contributed by atoms with Crippen LogP contribution in [0.25, 0.3) is 0 Å². The maximum Gasteiger partial charge on any atom is 0.508 e. The van der Waals surface area contributed by atoms with E-state index in [-0.39, 0.29) is 12.2 Å². The predicted octanol–water partition coefficient (Wildman–Crippen LogP) is 1.74. The number of halogens is 1. The molecule has 0 aromatic heterocycles. The highest BCUT2D eigenvalue weighted by Crippen LogP contribution is 2.15. The van der Waals surface area contributed by atoms with Gasteiger partial charge in [0.15, 0.2) is 0 Å². The van der Waals surface area contributed by atoms with Crippen LogP contribution >= 0.6 is 22.6 Å². The molecule has 0 unspecified atom stereocenters. The molecule has 58 valence electrons. The summed E-state index contributed by atoms with van der Waals surface area (Å²) in [4.78, 5) is 10.6. The van der Waals surface area contributed by atoms with Crippen molar-refractivity contribution >= 4 is 28.7 Å². The van der Waals surface area contributed by atoms with Crippen molar-refractivity contribution in [1.29, 1.82) is 0 Å². The van der Waals surface area contributed by atoms with Crippen molar-refractivity contribution in [1.82, 2.24) is 0 Å². The van der Waals surface area contributed by atoms with E-state index in [1.165, 1.54) is 0 Å². The monoisotopic (exact) mass is 256 g/mol. The van der Waals surface area contributed by atoms with Crippen LogP contribution in [0.5, 0.6) is 0 Å². The van der Waals surface area contributed by atoms with Crippen LogP contribution in [0.3, 0.4) is 0 Å². The first-order valence-electron chi connectivity index (χ1n) is 3.15. The van der Waals surface area contributed by atoms with Crippen molar-refractivity contribution in [3.63, 3.8) is 0 Å². The quantitative estimate of drug-likeness (QED) is 0.407. The number of hydrogen-bond donors (Lipinski definition) is 0. The fourth-order valence-electron chi connectivity index (χ4n) is 0.889. The zero-order valence-corrected chi connectivity index (χ0v) is 7.83. The number of carbonyl (C=O) groups excluding carboxylic acids is 1. The van der Waals surface area contributed by atoms with Gasteiger partial charge in [0.25, 0.3) is 0 Å². The molecule has 3 nitrogen and oxygen atoms in total. The summed E-state index contributed by atoms with van der Waals surface area (Å²) < 4.78 is 10.4. The minimum Gasteiger partial charge on any atom is -0.431 e. The fraction of sp³-hybridized carbons (Fsp3) is 0.833. The fourth-order valence-corrected chi connectivity index (χ4v) is 1.43. The van der Waals surface area contributed by atoms with Crippen molar-refractivity contribution in [3.8, 4) is 0 Å². The molecule has 0 saturated carbocycles. The molecule has 2 atom stereocenters. The first kappa shape index (κ1) is 8.10. The zero-order chi connectivity index (χ0) is 7.56. The Labute approximate surface area is 73.2 Å². The molecule has 4 heteroatoms. The second-order valence-electron chi connectivity index (χ2n) is 2.31. The minimum atomic E-state index is -0.527. The molecule has 0 spiro atoms. The van der Waals surface area contributed by atoms with Crippen molar-refractivity contribution in [2.45, 2.75) is 25.6 Å². The molecule has 0 aliphatic carbocycles. The summed E-state index contributed by atoms with van der Waals surface area (Å²) in [6.45, 7) is 1.87. The molecular formula is C6H9IO3. The Morgan fingerprint density at radius 2 is 2.40 bits per heavy atom. The Balaban J connectivity index is 2.42. The lowest BCUT2D eigenvalue weighted by molar-refractivity contribution is -0.0449. The van der Waals surface area contributed by atoms with Crippen LogP contribution in [-0.2, 0) is 9.47 Å². The Morgan fingerprint density at radius 1 is 1.70 bits per heavy atom. The summed E-state index contributed by atoms with van der Waals surface area (Å²) in [6, 6.07) is 0. The predicted molar refractivity (Wildman–Crippen MR) is 44.3 cm³/mol. The molecule has 1 saturated heterocycles. The Kier molecular flexibility index (Phi) is 2.76. The molecule has 1 fully saturated rings. The van der Waals surface area contributed by atoms with Crippen molar-refractivity contribution in [2.24, 2.45) is 0 Å². The highest BCUT2D eigenvalue weighted by Gasteiger charge is 2.25. The molecule has 1 rings (SSSR count). The first-order valence-corrected chi connectivity index (χ1v) is 4.68. The summed E-state index contributed by atoms with van der Waals surface area (Å²) in [5.74, 6) is 0. The largest absolute Gasteiger partial charge is 0.508 e. The van der Waals surface area contributed by atoms with Gasteiger partial charge in [-0.25, -0.2) is 4.79 Å². The van der Waals surface area contributed by atoms with E-state index in [1.807, 2.05) is 6.92 Å². The molecule has 1 aliphatic heterocycles. The number of rotatable bonds is 1. The smallest absolute Gasteiger partial charge is 0.431 e. The lowest BCUT2D eigenvalue weighted by atomic mass is 10.2. The van der Waals surface area contributed by atoms with Crippen molar-refractivity contribution in [2.75, 3.05) is 4.43 Å². The van der Waals surface area contributed by atoms with Gasteiger partial charge in [-0.1, -0.05) is 22.6 Å². The van der Waals surface area contributed by atoms with E-state index in [2.05, 4.69) is 22.6 Å². The number of carbonyl (C=O) groups is 1. The summed E-state index contributed by atoms with van der Waals surface area (Å²) in [5, 5.41) is 0. The van der Waals surface area contributed by atoms with E-state index < -0.39 is 6.16 Å². The molecule has 0 bridgehead atoms. The number of ether oxygens (including phenoxy) is 2.